The zero-order valence-electron chi connectivity index (χ0n) is 34.0. The summed E-state index contributed by atoms with van der Waals surface area (Å²) < 4.78 is -0.137. The fourth-order valence-electron chi connectivity index (χ4n) is 8.94. The molecule has 0 bridgehead atoms. The van der Waals surface area contributed by atoms with Crippen LogP contribution in [0.3, 0.4) is 0 Å². The standard InChI is InChI=1S/C54H53IN2/c1-6-19-40(20-7-2)50-35-49(56-53(57-50)41-22-11-9-10-12-23-41)36(4)33-38(8-3)42(39-30-31-39)24-14-13-21-37-29-32-47-48(34-37)54(5,55)52-46-28-18-16-26-44(46)43-25-15-17-27-45(43)51(47)52/h6,8-19,21-22,24-29,32,34-36,40H,7,20,23,30-31,33H2,1-5H3/b19-6-,21-13+,24-14-,38-8+/t36-,40?,54?/m1/s1. The molecule has 1 aromatic heterocycles. The summed E-state index contributed by atoms with van der Waals surface area (Å²) in [6.07, 6.45) is 32.9. The molecule has 1 saturated carbocycles. The van der Waals surface area contributed by atoms with Gasteiger partial charge in [-0.2, -0.15) is 0 Å². The highest BCUT2D eigenvalue weighted by molar-refractivity contribution is 14.1. The highest BCUT2D eigenvalue weighted by Crippen LogP contribution is 2.57. The Kier molecular flexibility index (Phi) is 11.6. The fourth-order valence-corrected chi connectivity index (χ4v) is 9.94. The maximum absolute atomic E-state index is 5.25. The number of rotatable bonds is 12. The molecule has 0 N–H and O–H groups in total. The first-order valence-corrected chi connectivity index (χ1v) is 21.9. The quantitative estimate of drug-likeness (QED) is 0.0411. The third-order valence-corrected chi connectivity index (χ3v) is 13.1. The lowest BCUT2D eigenvalue weighted by atomic mass is 9.89. The number of nitrogens with zero attached hydrogens (tertiary/aromatic N) is 2. The van der Waals surface area contributed by atoms with Crippen molar-refractivity contribution in [1.29, 1.82) is 0 Å². The first-order chi connectivity index (χ1) is 27.8. The Labute approximate surface area is 353 Å². The second kappa shape index (κ2) is 16.9. The van der Waals surface area contributed by atoms with Crippen LogP contribution in [0.1, 0.15) is 119 Å². The largest absolute Gasteiger partial charge is 0.233 e. The average molecular weight is 857 g/mol. The number of aromatic nitrogens is 2. The van der Waals surface area contributed by atoms with Crippen molar-refractivity contribution in [2.45, 2.75) is 88.4 Å². The predicted molar refractivity (Wildman–Crippen MR) is 254 cm³/mol. The van der Waals surface area contributed by atoms with Crippen molar-refractivity contribution in [3.05, 3.63) is 190 Å². The van der Waals surface area contributed by atoms with E-state index in [-0.39, 0.29) is 15.3 Å². The van der Waals surface area contributed by atoms with Crippen LogP contribution in [0.5, 0.6) is 0 Å². The van der Waals surface area contributed by atoms with Crippen LogP contribution in [-0.2, 0) is 3.42 Å². The van der Waals surface area contributed by atoms with Crippen molar-refractivity contribution < 1.29 is 0 Å². The van der Waals surface area contributed by atoms with E-state index in [1.54, 1.807) is 5.57 Å². The Hall–Kier alpha value is -4.87. The molecule has 0 radical (unpaired) electrons. The van der Waals surface area contributed by atoms with Crippen molar-refractivity contribution >= 4 is 55.8 Å². The topological polar surface area (TPSA) is 25.8 Å². The summed E-state index contributed by atoms with van der Waals surface area (Å²) in [6.45, 7) is 11.3. The van der Waals surface area contributed by atoms with Gasteiger partial charge in [-0.15, -0.1) is 0 Å². The lowest BCUT2D eigenvalue weighted by Gasteiger charge is -2.22. The number of allylic oxidation sites excluding steroid dienone is 15. The molecule has 3 aliphatic rings. The van der Waals surface area contributed by atoms with E-state index in [1.165, 1.54) is 78.9 Å². The van der Waals surface area contributed by atoms with Crippen LogP contribution in [0, 0.1) is 0 Å². The first-order valence-electron chi connectivity index (χ1n) is 20.9. The van der Waals surface area contributed by atoms with E-state index in [0.717, 1.165) is 42.9 Å². The van der Waals surface area contributed by atoms with Crippen molar-refractivity contribution in [1.82, 2.24) is 9.97 Å². The summed E-state index contributed by atoms with van der Waals surface area (Å²) >= 11 is 2.70. The smallest absolute Gasteiger partial charge is 0.155 e. The molecule has 0 amide bonds. The normalized spacial score (nSPS) is 18.8. The van der Waals surface area contributed by atoms with Gasteiger partial charge >= 0.3 is 0 Å². The maximum atomic E-state index is 5.25. The second-order valence-corrected chi connectivity index (χ2v) is 18.1. The first kappa shape index (κ1) is 39.0. The van der Waals surface area contributed by atoms with Gasteiger partial charge in [-0.3, -0.25) is 0 Å². The lowest BCUT2D eigenvalue weighted by molar-refractivity contribution is 0.674. The molecule has 8 rings (SSSR count). The molecule has 286 valence electrons. The van der Waals surface area contributed by atoms with Gasteiger partial charge in [0.05, 0.1) is 9.12 Å². The van der Waals surface area contributed by atoms with E-state index in [0.29, 0.717) is 0 Å². The van der Waals surface area contributed by atoms with Crippen LogP contribution in [0.2, 0.25) is 0 Å². The monoisotopic (exact) mass is 856 g/mol. The van der Waals surface area contributed by atoms with Gasteiger partial charge in [0.15, 0.2) is 5.82 Å². The number of hydrogen-bond acceptors (Lipinski definition) is 2. The van der Waals surface area contributed by atoms with Gasteiger partial charge in [0.2, 0.25) is 0 Å². The Morgan fingerprint density at radius 1 is 0.860 bits per heavy atom. The lowest BCUT2D eigenvalue weighted by Crippen LogP contribution is -2.11. The van der Waals surface area contributed by atoms with Crippen LogP contribution in [-0.4, -0.2) is 9.97 Å². The van der Waals surface area contributed by atoms with Gasteiger partial charge in [0, 0.05) is 23.1 Å². The predicted octanol–water partition coefficient (Wildman–Crippen LogP) is 15.6. The number of alkyl halides is 1. The molecular weight excluding hydrogens is 804 g/mol. The van der Waals surface area contributed by atoms with E-state index in [4.69, 9.17) is 9.97 Å². The summed E-state index contributed by atoms with van der Waals surface area (Å²) in [5, 5.41) is 5.37. The third kappa shape index (κ3) is 7.88. The molecule has 2 unspecified atom stereocenters. The van der Waals surface area contributed by atoms with Gasteiger partial charge in [0.25, 0.3) is 0 Å². The summed E-state index contributed by atoms with van der Waals surface area (Å²) in [4.78, 5) is 10.4. The minimum atomic E-state index is -0.137. The van der Waals surface area contributed by atoms with Crippen LogP contribution >= 0.6 is 22.6 Å². The van der Waals surface area contributed by atoms with E-state index < -0.39 is 0 Å². The molecule has 2 nitrogen and oxygen atoms in total. The van der Waals surface area contributed by atoms with Gasteiger partial charge in [-0.05, 0) is 126 Å². The van der Waals surface area contributed by atoms with Gasteiger partial charge in [-0.25, -0.2) is 9.97 Å². The highest BCUT2D eigenvalue weighted by atomic mass is 127. The SMILES string of the molecule is C/C=C\C(CCC)c1cc([C@H](C)C/C(=C\C)C(/C=C\C=C\c2ccc3c(c2)C(C)(I)c2c-3c3ccccc3c3ccccc23)=C2CC2)nc(C2=CC=CC=CC2)n1. The Balaban J connectivity index is 1.05. The molecule has 1 heterocycles. The van der Waals surface area contributed by atoms with Crippen molar-refractivity contribution in [3.63, 3.8) is 0 Å². The molecule has 3 heteroatoms. The molecule has 4 aromatic carbocycles. The molecule has 0 saturated heterocycles. The third-order valence-electron chi connectivity index (χ3n) is 11.9. The summed E-state index contributed by atoms with van der Waals surface area (Å²) in [5.41, 5.74) is 14.6. The zero-order chi connectivity index (χ0) is 39.5. The molecular formula is C54H53IN2. The molecule has 57 heavy (non-hydrogen) atoms. The molecule has 3 atom stereocenters. The molecule has 5 aromatic rings. The zero-order valence-corrected chi connectivity index (χ0v) is 36.2. The number of halogens is 1. The van der Waals surface area contributed by atoms with E-state index in [2.05, 4.69) is 203 Å². The second-order valence-electron chi connectivity index (χ2n) is 16.0. The van der Waals surface area contributed by atoms with Crippen LogP contribution in [0.25, 0.3) is 44.3 Å². The van der Waals surface area contributed by atoms with Crippen LogP contribution in [0.4, 0.5) is 0 Å². The van der Waals surface area contributed by atoms with Crippen molar-refractivity contribution in [2.24, 2.45) is 0 Å². The molecule has 1 fully saturated rings. The highest BCUT2D eigenvalue weighted by Gasteiger charge is 2.40. The Bertz CT molecular complexity index is 2600. The van der Waals surface area contributed by atoms with E-state index in [9.17, 15) is 0 Å². The molecule has 0 spiro atoms. The van der Waals surface area contributed by atoms with E-state index in [1.807, 2.05) is 0 Å². The summed E-state index contributed by atoms with van der Waals surface area (Å²) in [6, 6.07) is 27.2. The number of benzene rings is 4. The van der Waals surface area contributed by atoms with Gasteiger partial charge in [0.1, 0.15) is 0 Å². The Morgan fingerprint density at radius 2 is 1.60 bits per heavy atom. The van der Waals surface area contributed by atoms with Gasteiger partial charge in [-0.1, -0.05) is 182 Å². The van der Waals surface area contributed by atoms with E-state index >= 15 is 0 Å². The number of hydrogen-bond donors (Lipinski definition) is 0. The maximum Gasteiger partial charge on any atom is 0.155 e. The minimum absolute atomic E-state index is 0.137. The minimum Gasteiger partial charge on any atom is -0.233 e. The fraction of sp³-hybridized carbons (Fsp3) is 0.259. The Morgan fingerprint density at radius 3 is 2.33 bits per heavy atom. The van der Waals surface area contributed by atoms with Crippen LogP contribution < -0.4 is 0 Å². The number of fused-ring (bicyclic) bond motifs is 8. The molecule has 0 aliphatic heterocycles. The average Bonchev–Trinajstić information content (AvgIpc) is 4.08. The van der Waals surface area contributed by atoms with Crippen molar-refractivity contribution in [3.8, 4) is 11.1 Å². The van der Waals surface area contributed by atoms with Crippen LogP contribution in [0.15, 0.2) is 156 Å². The van der Waals surface area contributed by atoms with Crippen molar-refractivity contribution in [2.75, 3.05) is 0 Å². The molecule has 3 aliphatic carbocycles. The summed E-state index contributed by atoms with van der Waals surface area (Å²) in [7, 11) is 0. The summed E-state index contributed by atoms with van der Waals surface area (Å²) in [5.74, 6) is 1.40. The van der Waals surface area contributed by atoms with Gasteiger partial charge < -0.3 is 0 Å².